The number of nitrogens with one attached hydrogen (secondary N) is 2. The number of benzene rings is 2. The molecule has 1 aromatic heterocycles. The number of carbonyl (C=O) groups is 3. The number of carboxylic acid groups (broad SMARTS) is 1. The average Bonchev–Trinajstić information content (AvgIpc) is 3.16. The van der Waals surface area contributed by atoms with E-state index in [0.29, 0.717) is 6.42 Å². The van der Waals surface area contributed by atoms with Crippen LogP contribution in [0.5, 0.6) is 0 Å². The summed E-state index contributed by atoms with van der Waals surface area (Å²) in [5.41, 5.74) is 4.65. The van der Waals surface area contributed by atoms with Crippen LogP contribution in [-0.2, 0) is 9.53 Å². The standard InChI is InChI=1S/C27H27N3O5/c1-16(2)11-24(25(31)29-18-12-17(26(32)33)13-28-14-18)30-27(34)35-15-23-21-9-5-3-7-19(21)20-8-4-6-10-22(20)23/h3-10,12-14,16,23-24H,11,15H2,1-2H3,(H,29,31)(H,30,34)(H,32,33)/t24-/m1/s1. The molecule has 3 aromatic rings. The van der Waals surface area contributed by atoms with Gasteiger partial charge in [-0.3, -0.25) is 9.78 Å². The van der Waals surface area contributed by atoms with Crippen LogP contribution in [0.1, 0.15) is 47.7 Å². The summed E-state index contributed by atoms with van der Waals surface area (Å²) in [5, 5.41) is 14.4. The van der Waals surface area contributed by atoms with Crippen molar-refractivity contribution in [1.29, 1.82) is 0 Å². The van der Waals surface area contributed by atoms with Crippen LogP contribution >= 0.6 is 0 Å². The molecule has 0 saturated heterocycles. The van der Waals surface area contributed by atoms with E-state index in [1.165, 1.54) is 18.5 Å². The van der Waals surface area contributed by atoms with Gasteiger partial charge >= 0.3 is 12.1 Å². The fourth-order valence-electron chi connectivity index (χ4n) is 4.34. The molecule has 8 nitrogen and oxygen atoms in total. The third-order valence-corrected chi connectivity index (χ3v) is 5.91. The van der Waals surface area contributed by atoms with Crippen molar-refractivity contribution in [2.45, 2.75) is 32.2 Å². The number of hydrogen-bond donors (Lipinski definition) is 3. The lowest BCUT2D eigenvalue weighted by Gasteiger charge is -2.21. The molecule has 0 saturated carbocycles. The Balaban J connectivity index is 1.42. The molecule has 0 fully saturated rings. The largest absolute Gasteiger partial charge is 0.478 e. The molecule has 3 N–H and O–H groups in total. The van der Waals surface area contributed by atoms with Crippen molar-refractivity contribution in [2.75, 3.05) is 11.9 Å². The van der Waals surface area contributed by atoms with Crippen LogP contribution in [0.15, 0.2) is 67.0 Å². The smallest absolute Gasteiger partial charge is 0.407 e. The molecule has 0 spiro atoms. The Morgan fingerprint density at radius 3 is 2.23 bits per heavy atom. The fourth-order valence-corrected chi connectivity index (χ4v) is 4.34. The first kappa shape index (κ1) is 23.9. The lowest BCUT2D eigenvalue weighted by Crippen LogP contribution is -2.45. The monoisotopic (exact) mass is 473 g/mol. The number of aromatic carboxylic acids is 1. The van der Waals surface area contributed by atoms with Crippen molar-refractivity contribution in [3.05, 3.63) is 83.7 Å². The number of rotatable bonds is 8. The minimum atomic E-state index is -1.15. The molecule has 2 aromatic carbocycles. The number of carbonyl (C=O) groups excluding carboxylic acids is 2. The molecule has 2 amide bonds. The summed E-state index contributed by atoms with van der Waals surface area (Å²) in [6, 6.07) is 16.6. The summed E-state index contributed by atoms with van der Waals surface area (Å²) in [4.78, 5) is 40.6. The van der Waals surface area contributed by atoms with E-state index in [-0.39, 0.29) is 29.7 Å². The number of nitrogens with zero attached hydrogens (tertiary/aromatic N) is 1. The van der Waals surface area contributed by atoms with E-state index in [4.69, 9.17) is 9.84 Å². The number of ether oxygens (including phenoxy) is 1. The van der Waals surface area contributed by atoms with E-state index >= 15 is 0 Å². The van der Waals surface area contributed by atoms with E-state index in [1.54, 1.807) is 0 Å². The van der Waals surface area contributed by atoms with Gasteiger partial charge < -0.3 is 20.5 Å². The molecule has 0 radical (unpaired) electrons. The number of pyridine rings is 1. The number of fused-ring (bicyclic) bond motifs is 3. The highest BCUT2D eigenvalue weighted by Gasteiger charge is 2.30. The normalized spacial score (nSPS) is 13.0. The van der Waals surface area contributed by atoms with Gasteiger partial charge in [-0.15, -0.1) is 0 Å². The first-order chi connectivity index (χ1) is 16.8. The molecule has 1 aliphatic rings. The topological polar surface area (TPSA) is 118 Å². The number of amides is 2. The van der Waals surface area contributed by atoms with Gasteiger partial charge in [0.15, 0.2) is 0 Å². The van der Waals surface area contributed by atoms with Gasteiger partial charge in [0, 0.05) is 12.1 Å². The van der Waals surface area contributed by atoms with Crippen LogP contribution in [0.25, 0.3) is 11.1 Å². The van der Waals surface area contributed by atoms with Gasteiger partial charge in [-0.2, -0.15) is 0 Å². The molecule has 35 heavy (non-hydrogen) atoms. The van der Waals surface area contributed by atoms with Crippen molar-refractivity contribution in [3.8, 4) is 11.1 Å². The molecular weight excluding hydrogens is 446 g/mol. The predicted octanol–water partition coefficient (Wildman–Crippen LogP) is 4.67. The first-order valence-electron chi connectivity index (χ1n) is 11.4. The summed E-state index contributed by atoms with van der Waals surface area (Å²) in [7, 11) is 0. The zero-order valence-electron chi connectivity index (χ0n) is 19.5. The number of hydrogen-bond acceptors (Lipinski definition) is 5. The van der Waals surface area contributed by atoms with E-state index in [0.717, 1.165) is 22.3 Å². The highest BCUT2D eigenvalue weighted by molar-refractivity contribution is 5.97. The van der Waals surface area contributed by atoms with Crippen molar-refractivity contribution >= 4 is 23.7 Å². The highest BCUT2D eigenvalue weighted by atomic mass is 16.5. The van der Waals surface area contributed by atoms with Crippen molar-refractivity contribution in [3.63, 3.8) is 0 Å². The van der Waals surface area contributed by atoms with Gasteiger partial charge in [0.1, 0.15) is 12.6 Å². The van der Waals surface area contributed by atoms with Crippen molar-refractivity contribution in [1.82, 2.24) is 10.3 Å². The van der Waals surface area contributed by atoms with E-state index in [2.05, 4.69) is 27.8 Å². The maximum Gasteiger partial charge on any atom is 0.407 e. The van der Waals surface area contributed by atoms with Crippen LogP contribution in [0.4, 0.5) is 10.5 Å². The number of anilines is 1. The van der Waals surface area contributed by atoms with Gasteiger partial charge in [0.05, 0.1) is 17.4 Å². The molecule has 0 bridgehead atoms. The van der Waals surface area contributed by atoms with Gasteiger partial charge in [-0.25, -0.2) is 9.59 Å². The minimum absolute atomic E-state index is 0.0484. The number of alkyl carbamates (subject to hydrolysis) is 1. The summed E-state index contributed by atoms with van der Waals surface area (Å²) in [5.74, 6) is -1.60. The van der Waals surface area contributed by atoms with Crippen LogP contribution in [-0.4, -0.2) is 40.7 Å². The first-order valence-corrected chi connectivity index (χ1v) is 11.4. The number of aromatic nitrogens is 1. The minimum Gasteiger partial charge on any atom is -0.478 e. The Labute approximate surface area is 203 Å². The van der Waals surface area contributed by atoms with Crippen molar-refractivity contribution < 1.29 is 24.2 Å². The van der Waals surface area contributed by atoms with Crippen LogP contribution in [0.3, 0.4) is 0 Å². The van der Waals surface area contributed by atoms with Gasteiger partial charge in [0.25, 0.3) is 0 Å². The number of carboxylic acids is 1. The van der Waals surface area contributed by atoms with Gasteiger partial charge in [-0.05, 0) is 40.7 Å². The highest BCUT2D eigenvalue weighted by Crippen LogP contribution is 2.44. The maximum absolute atomic E-state index is 12.9. The zero-order chi connectivity index (χ0) is 24.9. The zero-order valence-corrected chi connectivity index (χ0v) is 19.5. The summed E-state index contributed by atoms with van der Waals surface area (Å²) in [6.07, 6.45) is 2.23. The predicted molar refractivity (Wildman–Crippen MR) is 131 cm³/mol. The second-order valence-electron chi connectivity index (χ2n) is 8.91. The van der Waals surface area contributed by atoms with Crippen LogP contribution in [0, 0.1) is 5.92 Å². The molecule has 0 aliphatic heterocycles. The molecule has 1 atom stereocenters. The Kier molecular flexibility index (Phi) is 7.10. The second-order valence-corrected chi connectivity index (χ2v) is 8.91. The second kappa shape index (κ2) is 10.4. The quantitative estimate of drug-likeness (QED) is 0.438. The Morgan fingerprint density at radius 1 is 1.00 bits per heavy atom. The maximum atomic E-state index is 12.9. The fraction of sp³-hybridized carbons (Fsp3) is 0.259. The molecular formula is C27H27N3O5. The van der Waals surface area contributed by atoms with Gasteiger partial charge in [-0.1, -0.05) is 62.4 Å². The molecule has 1 aliphatic carbocycles. The lowest BCUT2D eigenvalue weighted by molar-refractivity contribution is -0.118. The molecule has 0 unspecified atom stereocenters. The third kappa shape index (κ3) is 5.48. The van der Waals surface area contributed by atoms with E-state index in [1.807, 2.05) is 50.2 Å². The Morgan fingerprint density at radius 2 is 1.63 bits per heavy atom. The third-order valence-electron chi connectivity index (χ3n) is 5.91. The molecule has 180 valence electrons. The van der Waals surface area contributed by atoms with Gasteiger partial charge in [0.2, 0.25) is 5.91 Å². The van der Waals surface area contributed by atoms with Crippen LogP contribution in [0.2, 0.25) is 0 Å². The molecule has 4 rings (SSSR count). The Hall–Kier alpha value is -4.20. The summed E-state index contributed by atoms with van der Waals surface area (Å²) < 4.78 is 5.58. The average molecular weight is 474 g/mol. The SMILES string of the molecule is CC(C)C[C@@H](NC(=O)OCC1c2ccccc2-c2ccccc21)C(=O)Nc1cncc(C(=O)O)c1. The Bertz CT molecular complexity index is 1210. The summed E-state index contributed by atoms with van der Waals surface area (Å²) >= 11 is 0. The molecule has 8 heteroatoms. The van der Waals surface area contributed by atoms with Crippen LogP contribution < -0.4 is 10.6 Å². The summed E-state index contributed by atoms with van der Waals surface area (Å²) in [6.45, 7) is 4.01. The van der Waals surface area contributed by atoms with Crippen molar-refractivity contribution in [2.24, 2.45) is 5.92 Å². The lowest BCUT2D eigenvalue weighted by atomic mass is 9.98. The molecule has 1 heterocycles. The van der Waals surface area contributed by atoms with E-state index < -0.39 is 24.0 Å². The van der Waals surface area contributed by atoms with E-state index in [9.17, 15) is 14.4 Å².